The van der Waals surface area contributed by atoms with Gasteiger partial charge in [0.25, 0.3) is 11.8 Å². The lowest BCUT2D eigenvalue weighted by Gasteiger charge is -2.21. The molecule has 0 aliphatic heterocycles. The fourth-order valence-corrected chi connectivity index (χ4v) is 2.53. The van der Waals surface area contributed by atoms with Crippen LogP contribution < -0.4 is 21.7 Å². The second-order valence-corrected chi connectivity index (χ2v) is 5.57. The fraction of sp³-hybridized carbons (Fsp3) is 0. The number of rotatable bonds is 4. The zero-order valence-electron chi connectivity index (χ0n) is 13.9. The average Bonchev–Trinajstić information content (AvgIpc) is 2.73. The summed E-state index contributed by atoms with van der Waals surface area (Å²) >= 11 is 0. The van der Waals surface area contributed by atoms with Crippen LogP contribution in [0.25, 0.3) is 0 Å². The van der Waals surface area contributed by atoms with Crippen molar-refractivity contribution >= 4 is 23.2 Å². The van der Waals surface area contributed by atoms with E-state index < -0.39 is 11.8 Å². The number of anilines is 2. The van der Waals surface area contributed by atoms with Gasteiger partial charge < -0.3 is 0 Å². The van der Waals surface area contributed by atoms with Crippen LogP contribution in [0.3, 0.4) is 0 Å². The molecule has 0 fully saturated rings. The molecule has 0 saturated carbocycles. The number of para-hydroxylation sites is 2. The van der Waals surface area contributed by atoms with Gasteiger partial charge in [0.05, 0.1) is 22.5 Å². The molecule has 0 atom stereocenters. The van der Waals surface area contributed by atoms with Crippen LogP contribution in [0.1, 0.15) is 20.7 Å². The zero-order valence-corrected chi connectivity index (χ0v) is 13.9. The Morgan fingerprint density at radius 2 is 0.846 bits per heavy atom. The summed E-state index contributed by atoms with van der Waals surface area (Å²) in [6, 6.07) is 24.0. The molecule has 0 bridgehead atoms. The molecule has 6 nitrogen and oxygen atoms in total. The predicted molar refractivity (Wildman–Crippen MR) is 101 cm³/mol. The lowest BCUT2D eigenvalue weighted by molar-refractivity contribution is 0.0954. The van der Waals surface area contributed by atoms with Gasteiger partial charge in [-0.1, -0.05) is 48.5 Å². The molecule has 130 valence electrons. The summed E-state index contributed by atoms with van der Waals surface area (Å²) in [6.07, 6.45) is 0. The number of hydrazine groups is 2. The van der Waals surface area contributed by atoms with Gasteiger partial charge in [-0.3, -0.25) is 9.59 Å². The Kier molecular flexibility index (Phi) is 5.07. The van der Waals surface area contributed by atoms with Crippen molar-refractivity contribution in [3.05, 3.63) is 96.1 Å². The molecule has 6 heteroatoms. The third kappa shape index (κ3) is 3.46. The second-order valence-electron chi connectivity index (χ2n) is 5.57. The minimum atomic E-state index is -0.499. The number of carbonyl (C=O) groups excluding carboxylic acids is 2. The number of carbonyl (C=O) groups is 2. The first-order chi connectivity index (χ1) is 12.6. The lowest BCUT2D eigenvalue weighted by atomic mass is 10.1. The molecule has 3 aromatic rings. The first kappa shape index (κ1) is 17.3. The molecule has 0 spiro atoms. The number of hydrogen-bond acceptors (Lipinski definition) is 4. The maximum absolute atomic E-state index is 12.8. The molecule has 26 heavy (non-hydrogen) atoms. The molecule has 3 rings (SSSR count). The van der Waals surface area contributed by atoms with Crippen molar-refractivity contribution < 1.29 is 9.59 Å². The topological polar surface area (TPSA) is 92.7 Å². The molecule has 0 aromatic heterocycles. The van der Waals surface area contributed by atoms with Crippen LogP contribution in [-0.4, -0.2) is 11.8 Å². The number of benzene rings is 3. The summed E-state index contributed by atoms with van der Waals surface area (Å²) in [6.45, 7) is 0. The Hall–Kier alpha value is -3.48. The molecular weight excluding hydrogens is 328 g/mol. The van der Waals surface area contributed by atoms with Crippen molar-refractivity contribution in [1.29, 1.82) is 0 Å². The molecule has 0 radical (unpaired) electrons. The summed E-state index contributed by atoms with van der Waals surface area (Å²) < 4.78 is 0. The Balaban J connectivity index is 1.93. The summed E-state index contributed by atoms with van der Waals surface area (Å²) in [5, 5.41) is 2.02. The number of hydrogen-bond donors (Lipinski definition) is 2. The van der Waals surface area contributed by atoms with Gasteiger partial charge in [-0.05, 0) is 36.4 Å². The molecule has 0 aliphatic carbocycles. The molecule has 2 amide bonds. The van der Waals surface area contributed by atoms with E-state index in [2.05, 4.69) is 0 Å². The van der Waals surface area contributed by atoms with Crippen LogP contribution in [0.5, 0.6) is 0 Å². The largest absolute Gasteiger partial charge is 0.273 e. The standard InChI is InChI=1S/C20H18N4O2/c21-23(15-9-3-1-4-10-15)19(25)17-13-7-8-14-18(17)20(26)24(22)16-11-5-2-6-12-16/h1-14H,21-22H2. The van der Waals surface area contributed by atoms with Gasteiger partial charge >= 0.3 is 0 Å². The van der Waals surface area contributed by atoms with Crippen LogP contribution in [0.2, 0.25) is 0 Å². The summed E-state index contributed by atoms with van der Waals surface area (Å²) in [5.41, 5.74) is 1.39. The average molecular weight is 346 g/mol. The molecular formula is C20H18N4O2. The van der Waals surface area contributed by atoms with E-state index in [0.29, 0.717) is 11.4 Å². The van der Waals surface area contributed by atoms with E-state index >= 15 is 0 Å². The minimum Gasteiger partial charge on any atom is -0.267 e. The van der Waals surface area contributed by atoms with Crippen LogP contribution in [0.4, 0.5) is 11.4 Å². The molecule has 0 aliphatic rings. The van der Waals surface area contributed by atoms with Crippen LogP contribution in [0.15, 0.2) is 84.9 Å². The van der Waals surface area contributed by atoms with Crippen LogP contribution in [0, 0.1) is 0 Å². The Bertz CT molecular complexity index is 837. The monoisotopic (exact) mass is 346 g/mol. The SMILES string of the molecule is NN(C(=O)c1ccccc1C(=O)N(N)c1ccccc1)c1ccccc1. The van der Waals surface area contributed by atoms with Gasteiger partial charge in [0.2, 0.25) is 0 Å². The van der Waals surface area contributed by atoms with Gasteiger partial charge in [-0.2, -0.15) is 0 Å². The van der Waals surface area contributed by atoms with Crippen molar-refractivity contribution in [1.82, 2.24) is 0 Å². The molecule has 4 N–H and O–H groups in total. The Morgan fingerprint density at radius 3 is 1.19 bits per heavy atom. The molecule has 3 aromatic carbocycles. The van der Waals surface area contributed by atoms with E-state index in [1.807, 2.05) is 12.1 Å². The molecule has 0 unspecified atom stereocenters. The third-order valence-electron chi connectivity index (χ3n) is 3.89. The first-order valence-electron chi connectivity index (χ1n) is 7.97. The predicted octanol–water partition coefficient (Wildman–Crippen LogP) is 2.73. The maximum atomic E-state index is 12.8. The number of amides is 2. The summed E-state index contributed by atoms with van der Waals surface area (Å²) in [7, 11) is 0. The normalized spacial score (nSPS) is 10.2. The Morgan fingerprint density at radius 1 is 0.538 bits per heavy atom. The van der Waals surface area contributed by atoms with E-state index in [-0.39, 0.29) is 11.1 Å². The fourth-order valence-electron chi connectivity index (χ4n) is 2.53. The highest BCUT2D eigenvalue weighted by Crippen LogP contribution is 2.19. The molecule has 0 saturated heterocycles. The van der Waals surface area contributed by atoms with Gasteiger partial charge in [-0.15, -0.1) is 0 Å². The van der Waals surface area contributed by atoms with Gasteiger partial charge in [0, 0.05) is 0 Å². The van der Waals surface area contributed by atoms with Crippen molar-refractivity contribution in [2.45, 2.75) is 0 Å². The quantitative estimate of drug-likeness (QED) is 0.431. The second kappa shape index (κ2) is 7.60. The van der Waals surface area contributed by atoms with E-state index in [4.69, 9.17) is 11.7 Å². The van der Waals surface area contributed by atoms with Gasteiger partial charge in [-0.25, -0.2) is 21.7 Å². The summed E-state index contributed by atoms with van der Waals surface area (Å²) in [5.74, 6) is 10.9. The van der Waals surface area contributed by atoms with Crippen molar-refractivity contribution in [3.8, 4) is 0 Å². The minimum absolute atomic E-state index is 0.176. The lowest BCUT2D eigenvalue weighted by Crippen LogP contribution is -2.41. The first-order valence-corrected chi connectivity index (χ1v) is 7.97. The molecule has 0 heterocycles. The van der Waals surface area contributed by atoms with Crippen LogP contribution in [-0.2, 0) is 0 Å². The van der Waals surface area contributed by atoms with Gasteiger partial charge in [0.1, 0.15) is 0 Å². The zero-order chi connectivity index (χ0) is 18.5. The highest BCUT2D eigenvalue weighted by atomic mass is 16.2. The van der Waals surface area contributed by atoms with Crippen molar-refractivity contribution in [3.63, 3.8) is 0 Å². The number of nitrogens with two attached hydrogens (primary N) is 2. The van der Waals surface area contributed by atoms with Gasteiger partial charge in [0.15, 0.2) is 0 Å². The van der Waals surface area contributed by atoms with E-state index in [1.54, 1.807) is 72.8 Å². The van der Waals surface area contributed by atoms with Crippen LogP contribution >= 0.6 is 0 Å². The summed E-state index contributed by atoms with van der Waals surface area (Å²) in [4.78, 5) is 25.6. The van der Waals surface area contributed by atoms with E-state index in [9.17, 15) is 9.59 Å². The Labute approximate surface area is 151 Å². The number of nitrogens with zero attached hydrogens (tertiary/aromatic N) is 2. The maximum Gasteiger partial charge on any atom is 0.273 e. The van der Waals surface area contributed by atoms with Crippen molar-refractivity contribution in [2.75, 3.05) is 10.0 Å². The van der Waals surface area contributed by atoms with Crippen molar-refractivity contribution in [2.24, 2.45) is 11.7 Å². The highest BCUT2D eigenvalue weighted by Gasteiger charge is 2.23. The third-order valence-corrected chi connectivity index (χ3v) is 3.89. The smallest absolute Gasteiger partial charge is 0.267 e. The van der Waals surface area contributed by atoms with E-state index in [0.717, 1.165) is 10.0 Å². The highest BCUT2D eigenvalue weighted by molar-refractivity contribution is 6.16. The van der Waals surface area contributed by atoms with E-state index in [1.165, 1.54) is 0 Å².